The highest BCUT2D eigenvalue weighted by Crippen LogP contribution is 2.44. The lowest BCUT2D eigenvalue weighted by Crippen LogP contribution is -2.38. The third-order valence-electron chi connectivity index (χ3n) is 5.88. The maximum absolute atomic E-state index is 6.73. The standard InChI is InChI=1S/C20H31N/c1-19(2)11-7-9-17(15-19)16-8-6-10-18(14-16)20(21)12-4-3-5-13-20/h6,8,10,14,17H,3-5,7,9,11-13,15,21H2,1-2H3. The van der Waals surface area contributed by atoms with Gasteiger partial charge in [0, 0.05) is 5.54 Å². The van der Waals surface area contributed by atoms with Crippen LogP contribution in [0, 0.1) is 5.41 Å². The molecular formula is C20H31N. The third-order valence-corrected chi connectivity index (χ3v) is 5.88. The van der Waals surface area contributed by atoms with Crippen LogP contribution in [-0.4, -0.2) is 0 Å². The summed E-state index contributed by atoms with van der Waals surface area (Å²) in [6.45, 7) is 4.85. The smallest absolute Gasteiger partial charge is 0.0409 e. The van der Waals surface area contributed by atoms with Crippen molar-refractivity contribution < 1.29 is 0 Å². The largest absolute Gasteiger partial charge is 0.321 e. The molecule has 0 spiro atoms. The van der Waals surface area contributed by atoms with Gasteiger partial charge in [-0.15, -0.1) is 0 Å². The van der Waals surface area contributed by atoms with E-state index in [1.165, 1.54) is 56.1 Å². The van der Waals surface area contributed by atoms with Gasteiger partial charge in [0.05, 0.1) is 0 Å². The van der Waals surface area contributed by atoms with Crippen molar-refractivity contribution in [2.24, 2.45) is 11.1 Å². The molecule has 0 saturated heterocycles. The van der Waals surface area contributed by atoms with Gasteiger partial charge in [-0.1, -0.05) is 63.8 Å². The van der Waals surface area contributed by atoms with Gasteiger partial charge in [0.15, 0.2) is 0 Å². The summed E-state index contributed by atoms with van der Waals surface area (Å²) in [6, 6.07) is 9.29. The summed E-state index contributed by atoms with van der Waals surface area (Å²) in [4.78, 5) is 0. The summed E-state index contributed by atoms with van der Waals surface area (Å²) in [7, 11) is 0. The van der Waals surface area contributed by atoms with Gasteiger partial charge in [0.2, 0.25) is 0 Å². The Kier molecular flexibility index (Phi) is 4.14. The zero-order valence-electron chi connectivity index (χ0n) is 13.8. The van der Waals surface area contributed by atoms with Crippen molar-refractivity contribution in [3.8, 4) is 0 Å². The highest BCUT2D eigenvalue weighted by molar-refractivity contribution is 5.32. The van der Waals surface area contributed by atoms with Crippen LogP contribution in [0.4, 0.5) is 0 Å². The maximum atomic E-state index is 6.73. The number of rotatable bonds is 2. The minimum Gasteiger partial charge on any atom is -0.321 e. The summed E-state index contributed by atoms with van der Waals surface area (Å²) >= 11 is 0. The molecule has 1 unspecified atom stereocenters. The molecule has 1 atom stereocenters. The van der Waals surface area contributed by atoms with Crippen LogP contribution in [0.2, 0.25) is 0 Å². The van der Waals surface area contributed by atoms with Crippen molar-refractivity contribution in [3.63, 3.8) is 0 Å². The second-order valence-corrected chi connectivity index (χ2v) is 8.30. The Morgan fingerprint density at radius 1 is 1.00 bits per heavy atom. The van der Waals surface area contributed by atoms with Crippen molar-refractivity contribution >= 4 is 0 Å². The molecule has 0 aliphatic heterocycles. The minimum atomic E-state index is -0.0571. The molecule has 0 aromatic heterocycles. The van der Waals surface area contributed by atoms with Crippen LogP contribution >= 0.6 is 0 Å². The van der Waals surface area contributed by atoms with E-state index in [1.54, 1.807) is 0 Å². The monoisotopic (exact) mass is 285 g/mol. The second-order valence-electron chi connectivity index (χ2n) is 8.30. The van der Waals surface area contributed by atoms with E-state index in [1.807, 2.05) is 0 Å². The van der Waals surface area contributed by atoms with Crippen LogP contribution in [0.1, 0.15) is 88.7 Å². The number of benzene rings is 1. The minimum absolute atomic E-state index is 0.0571. The lowest BCUT2D eigenvalue weighted by molar-refractivity contribution is 0.219. The molecule has 1 heteroatoms. The Morgan fingerprint density at radius 2 is 1.76 bits per heavy atom. The van der Waals surface area contributed by atoms with Gasteiger partial charge in [-0.3, -0.25) is 0 Å². The first-order chi connectivity index (χ1) is 9.99. The Labute approximate surface area is 130 Å². The summed E-state index contributed by atoms with van der Waals surface area (Å²) in [5.41, 5.74) is 10.1. The van der Waals surface area contributed by atoms with E-state index in [4.69, 9.17) is 5.73 Å². The van der Waals surface area contributed by atoms with E-state index >= 15 is 0 Å². The van der Waals surface area contributed by atoms with Crippen LogP contribution in [-0.2, 0) is 5.54 Å². The van der Waals surface area contributed by atoms with Crippen LogP contribution < -0.4 is 5.73 Å². The molecule has 1 nitrogen and oxygen atoms in total. The molecule has 0 radical (unpaired) electrons. The van der Waals surface area contributed by atoms with Crippen LogP contribution in [0.25, 0.3) is 0 Å². The molecular weight excluding hydrogens is 254 g/mol. The van der Waals surface area contributed by atoms with Crippen molar-refractivity contribution in [2.75, 3.05) is 0 Å². The van der Waals surface area contributed by atoms with Gasteiger partial charge in [0.1, 0.15) is 0 Å². The Balaban J connectivity index is 1.83. The van der Waals surface area contributed by atoms with Crippen LogP contribution in [0.3, 0.4) is 0 Å². The normalized spacial score (nSPS) is 28.2. The fourth-order valence-corrected chi connectivity index (χ4v) is 4.56. The first-order valence-electron chi connectivity index (χ1n) is 8.88. The maximum Gasteiger partial charge on any atom is 0.0409 e. The van der Waals surface area contributed by atoms with E-state index < -0.39 is 0 Å². The first kappa shape index (κ1) is 15.1. The first-order valence-corrected chi connectivity index (χ1v) is 8.88. The van der Waals surface area contributed by atoms with Gasteiger partial charge in [-0.25, -0.2) is 0 Å². The molecule has 2 fully saturated rings. The molecule has 0 amide bonds. The van der Waals surface area contributed by atoms with Crippen molar-refractivity contribution in [1.82, 2.24) is 0 Å². The number of nitrogens with two attached hydrogens (primary N) is 1. The lowest BCUT2D eigenvalue weighted by Gasteiger charge is -2.37. The molecule has 0 bridgehead atoms. The molecule has 2 aliphatic carbocycles. The summed E-state index contributed by atoms with van der Waals surface area (Å²) in [5, 5.41) is 0. The second kappa shape index (κ2) is 5.76. The summed E-state index contributed by atoms with van der Waals surface area (Å²) in [5.74, 6) is 0.737. The van der Waals surface area contributed by atoms with Crippen molar-refractivity contribution in [2.45, 2.75) is 83.1 Å². The predicted octanol–water partition coefficient (Wildman–Crippen LogP) is 5.49. The lowest BCUT2D eigenvalue weighted by atomic mass is 9.69. The molecule has 116 valence electrons. The molecule has 1 aromatic carbocycles. The van der Waals surface area contributed by atoms with E-state index in [9.17, 15) is 0 Å². The van der Waals surface area contributed by atoms with E-state index in [0.717, 1.165) is 18.8 Å². The molecule has 2 N–H and O–H groups in total. The molecule has 3 rings (SSSR count). The molecule has 1 aromatic rings. The van der Waals surface area contributed by atoms with Gasteiger partial charge in [-0.2, -0.15) is 0 Å². The molecule has 21 heavy (non-hydrogen) atoms. The van der Waals surface area contributed by atoms with E-state index in [2.05, 4.69) is 38.1 Å². The Bertz CT molecular complexity index is 482. The summed E-state index contributed by atoms with van der Waals surface area (Å²) < 4.78 is 0. The predicted molar refractivity (Wildman–Crippen MR) is 90.4 cm³/mol. The quantitative estimate of drug-likeness (QED) is 0.764. The van der Waals surface area contributed by atoms with Crippen molar-refractivity contribution in [3.05, 3.63) is 35.4 Å². The Morgan fingerprint density at radius 3 is 2.48 bits per heavy atom. The van der Waals surface area contributed by atoms with Gasteiger partial charge < -0.3 is 5.73 Å². The topological polar surface area (TPSA) is 26.0 Å². The van der Waals surface area contributed by atoms with Crippen molar-refractivity contribution in [1.29, 1.82) is 0 Å². The fraction of sp³-hybridized carbons (Fsp3) is 0.700. The van der Waals surface area contributed by atoms with Gasteiger partial charge in [-0.05, 0) is 54.6 Å². The van der Waals surface area contributed by atoms with Crippen LogP contribution in [0.5, 0.6) is 0 Å². The molecule has 2 saturated carbocycles. The molecule has 2 aliphatic rings. The average molecular weight is 285 g/mol. The zero-order valence-corrected chi connectivity index (χ0v) is 13.8. The van der Waals surface area contributed by atoms with E-state index in [-0.39, 0.29) is 5.54 Å². The fourth-order valence-electron chi connectivity index (χ4n) is 4.56. The molecule has 0 heterocycles. The average Bonchev–Trinajstić information content (AvgIpc) is 2.47. The highest BCUT2D eigenvalue weighted by atomic mass is 14.7. The number of hydrogen-bond donors (Lipinski definition) is 1. The zero-order chi connectivity index (χ0) is 14.9. The SMILES string of the molecule is CC1(C)CCCC(c2cccc(C3(N)CCCCC3)c2)C1. The van der Waals surface area contributed by atoms with E-state index in [0.29, 0.717) is 5.41 Å². The van der Waals surface area contributed by atoms with Gasteiger partial charge >= 0.3 is 0 Å². The number of hydrogen-bond acceptors (Lipinski definition) is 1. The summed E-state index contributed by atoms with van der Waals surface area (Å²) in [6.07, 6.45) is 11.7. The Hall–Kier alpha value is -0.820. The third kappa shape index (κ3) is 3.34. The van der Waals surface area contributed by atoms with Crippen LogP contribution in [0.15, 0.2) is 24.3 Å². The highest BCUT2D eigenvalue weighted by Gasteiger charge is 2.32. The van der Waals surface area contributed by atoms with Gasteiger partial charge in [0.25, 0.3) is 0 Å².